The number of fused-ring (bicyclic) bond motifs is 1. The van der Waals surface area contributed by atoms with Crippen molar-refractivity contribution in [2.75, 3.05) is 0 Å². The molecule has 0 fully saturated rings. The minimum atomic E-state index is -1.04. The average molecular weight is 432 g/mol. The number of carbonyl (C=O) groups excluding carboxylic acids is 1. The van der Waals surface area contributed by atoms with Gasteiger partial charge in [-0.05, 0) is 66.2 Å². The highest BCUT2D eigenvalue weighted by Gasteiger charge is 2.22. The summed E-state index contributed by atoms with van der Waals surface area (Å²) in [6, 6.07) is 17.5. The van der Waals surface area contributed by atoms with Gasteiger partial charge in [-0.2, -0.15) is 0 Å². The molecule has 0 saturated heterocycles. The number of ether oxygens (including phenoxy) is 1. The Bertz CT molecular complexity index is 1300. The molecule has 6 nitrogen and oxygen atoms in total. The van der Waals surface area contributed by atoms with Crippen LogP contribution in [0.3, 0.4) is 0 Å². The van der Waals surface area contributed by atoms with Crippen LogP contribution >= 0.6 is 11.3 Å². The fraction of sp³-hybridized carbons (Fsp3) is 0. The lowest BCUT2D eigenvalue weighted by molar-refractivity contribution is -0.131. The summed E-state index contributed by atoms with van der Waals surface area (Å²) in [5.74, 6) is -0.320. The predicted octanol–water partition coefficient (Wildman–Crippen LogP) is 5.43. The Hall–Kier alpha value is -4.10. The molecule has 154 valence electrons. The third-order valence-electron chi connectivity index (χ3n) is 4.48. The van der Waals surface area contributed by atoms with Crippen LogP contribution in [0.15, 0.2) is 72.8 Å². The number of benzene rings is 3. The van der Waals surface area contributed by atoms with E-state index >= 15 is 0 Å². The quantitative estimate of drug-likeness (QED) is 0.277. The van der Waals surface area contributed by atoms with Gasteiger partial charge in [0, 0.05) is 21.7 Å². The van der Waals surface area contributed by atoms with Gasteiger partial charge in [-0.3, -0.25) is 4.79 Å². The molecular formula is C24H16O6S. The van der Waals surface area contributed by atoms with E-state index in [0.29, 0.717) is 37.6 Å². The number of ketones is 1. The zero-order chi connectivity index (χ0) is 22.0. The fourth-order valence-electron chi connectivity index (χ4n) is 2.99. The van der Waals surface area contributed by atoms with Crippen molar-refractivity contribution < 1.29 is 29.6 Å². The first-order valence-corrected chi connectivity index (χ1v) is 10.0. The third-order valence-corrected chi connectivity index (χ3v) is 5.61. The maximum absolute atomic E-state index is 13.1. The number of hydrogen-bond donors (Lipinski definition) is 3. The Labute approximate surface area is 180 Å². The molecule has 1 heterocycles. The number of phenolic OH excluding ortho intramolecular Hbond substituents is 2. The molecule has 4 rings (SSSR count). The van der Waals surface area contributed by atoms with E-state index in [1.54, 1.807) is 36.4 Å². The maximum Gasteiger partial charge on any atom is 0.328 e. The molecule has 0 spiro atoms. The molecule has 3 aromatic carbocycles. The van der Waals surface area contributed by atoms with Gasteiger partial charge in [0.15, 0.2) is 5.75 Å². The summed E-state index contributed by atoms with van der Waals surface area (Å²) in [6.07, 6.45) is 2.51. The highest BCUT2D eigenvalue weighted by atomic mass is 32.1. The monoisotopic (exact) mass is 432 g/mol. The second-order valence-electron chi connectivity index (χ2n) is 6.66. The normalized spacial score (nSPS) is 11.1. The molecule has 7 heteroatoms. The van der Waals surface area contributed by atoms with Crippen molar-refractivity contribution in [2.45, 2.75) is 0 Å². The number of rotatable bonds is 6. The molecule has 0 amide bonds. The van der Waals surface area contributed by atoms with Crippen LogP contribution < -0.4 is 4.74 Å². The number of aliphatic carboxylic acids is 1. The molecule has 0 radical (unpaired) electrons. The smallest absolute Gasteiger partial charge is 0.328 e. The second-order valence-corrected chi connectivity index (χ2v) is 7.71. The second kappa shape index (κ2) is 8.33. The molecule has 0 atom stereocenters. The molecule has 4 aromatic rings. The Morgan fingerprint density at radius 2 is 1.55 bits per heavy atom. The minimum Gasteiger partial charge on any atom is -0.508 e. The Kier molecular flexibility index (Phi) is 5.43. The molecule has 3 N–H and O–H groups in total. The van der Waals surface area contributed by atoms with E-state index in [1.807, 2.05) is 0 Å². The first kappa shape index (κ1) is 20.2. The van der Waals surface area contributed by atoms with E-state index in [0.717, 1.165) is 6.08 Å². The Morgan fingerprint density at radius 3 is 2.23 bits per heavy atom. The van der Waals surface area contributed by atoms with Gasteiger partial charge in [0.05, 0.1) is 0 Å². The Balaban J connectivity index is 1.73. The number of carboxylic acids is 1. The minimum absolute atomic E-state index is 0.0614. The molecule has 1 aromatic heterocycles. The van der Waals surface area contributed by atoms with Gasteiger partial charge in [0.25, 0.3) is 0 Å². The molecule has 0 aliphatic heterocycles. The molecular weight excluding hydrogens is 416 g/mol. The van der Waals surface area contributed by atoms with Crippen LogP contribution in [0, 0.1) is 0 Å². The summed E-state index contributed by atoms with van der Waals surface area (Å²) in [7, 11) is 0. The van der Waals surface area contributed by atoms with Crippen LogP contribution in [0.1, 0.15) is 20.8 Å². The third kappa shape index (κ3) is 4.41. The van der Waals surface area contributed by atoms with E-state index in [-0.39, 0.29) is 17.3 Å². The van der Waals surface area contributed by atoms with Crippen molar-refractivity contribution in [3.05, 3.63) is 88.8 Å². The molecule has 0 aliphatic carbocycles. The number of aromatic hydroxyl groups is 2. The predicted molar refractivity (Wildman–Crippen MR) is 118 cm³/mol. The molecule has 31 heavy (non-hydrogen) atoms. The van der Waals surface area contributed by atoms with Crippen LogP contribution in [0.5, 0.6) is 23.0 Å². The number of carbonyl (C=O) groups is 2. The zero-order valence-electron chi connectivity index (χ0n) is 16.0. The lowest BCUT2D eigenvalue weighted by Gasteiger charge is -2.08. The van der Waals surface area contributed by atoms with Crippen molar-refractivity contribution in [1.82, 2.24) is 0 Å². The number of carboxylic acid groups (broad SMARTS) is 1. The topological polar surface area (TPSA) is 104 Å². The van der Waals surface area contributed by atoms with E-state index in [2.05, 4.69) is 0 Å². The summed E-state index contributed by atoms with van der Waals surface area (Å²) in [5.41, 5.74) is 1.09. The number of hydrogen-bond acceptors (Lipinski definition) is 6. The van der Waals surface area contributed by atoms with Gasteiger partial charge in [0.1, 0.15) is 22.1 Å². The van der Waals surface area contributed by atoms with Crippen molar-refractivity contribution in [1.29, 1.82) is 0 Å². The summed E-state index contributed by atoms with van der Waals surface area (Å²) in [5, 5.41) is 28.7. The highest BCUT2D eigenvalue weighted by molar-refractivity contribution is 7.21. The molecule has 0 saturated carbocycles. The van der Waals surface area contributed by atoms with Crippen LogP contribution in [0.2, 0.25) is 0 Å². The molecule has 0 unspecified atom stereocenters. The van der Waals surface area contributed by atoms with E-state index in [9.17, 15) is 19.8 Å². The standard InChI is InChI=1S/C24H16O6S/c25-16-6-4-15(5-7-16)22(29)24-23(19-11-8-17(26)13-20(19)31-24)30-18-9-1-14(2-10-18)3-12-21(27)28/h1-13,25-26H,(H,27,28)/b12-3+. The van der Waals surface area contributed by atoms with Crippen molar-refractivity contribution >= 4 is 39.3 Å². The zero-order valence-corrected chi connectivity index (χ0v) is 16.8. The van der Waals surface area contributed by atoms with E-state index < -0.39 is 5.97 Å². The van der Waals surface area contributed by atoms with Gasteiger partial charge in [0.2, 0.25) is 5.78 Å². The summed E-state index contributed by atoms with van der Waals surface area (Å²) >= 11 is 1.21. The Morgan fingerprint density at radius 1 is 0.871 bits per heavy atom. The van der Waals surface area contributed by atoms with Crippen LogP contribution in [-0.2, 0) is 4.79 Å². The average Bonchev–Trinajstić information content (AvgIpc) is 3.10. The van der Waals surface area contributed by atoms with Crippen molar-refractivity contribution in [3.8, 4) is 23.0 Å². The maximum atomic E-state index is 13.1. The van der Waals surface area contributed by atoms with Crippen LogP contribution in [-0.4, -0.2) is 27.1 Å². The molecule has 0 aliphatic rings. The van der Waals surface area contributed by atoms with E-state index in [1.165, 1.54) is 47.7 Å². The van der Waals surface area contributed by atoms with Gasteiger partial charge in [-0.1, -0.05) is 12.1 Å². The summed E-state index contributed by atoms with van der Waals surface area (Å²) in [4.78, 5) is 24.2. The number of thiophene rings is 1. The SMILES string of the molecule is O=C(O)/C=C/c1ccc(Oc2c(C(=O)c3ccc(O)cc3)sc3cc(O)ccc23)cc1. The summed E-state index contributed by atoms with van der Waals surface area (Å²) < 4.78 is 6.76. The van der Waals surface area contributed by atoms with Crippen LogP contribution in [0.25, 0.3) is 16.2 Å². The van der Waals surface area contributed by atoms with Crippen molar-refractivity contribution in [2.24, 2.45) is 0 Å². The summed E-state index contributed by atoms with van der Waals surface area (Å²) in [6.45, 7) is 0. The largest absolute Gasteiger partial charge is 0.508 e. The first-order chi connectivity index (χ1) is 14.9. The van der Waals surface area contributed by atoms with Gasteiger partial charge in [-0.25, -0.2) is 4.79 Å². The molecule has 0 bridgehead atoms. The first-order valence-electron chi connectivity index (χ1n) is 9.19. The van der Waals surface area contributed by atoms with E-state index in [4.69, 9.17) is 9.84 Å². The van der Waals surface area contributed by atoms with Crippen LogP contribution in [0.4, 0.5) is 0 Å². The van der Waals surface area contributed by atoms with Gasteiger partial charge < -0.3 is 20.1 Å². The van der Waals surface area contributed by atoms with Gasteiger partial charge >= 0.3 is 5.97 Å². The fourth-order valence-corrected chi connectivity index (χ4v) is 4.11. The lowest BCUT2D eigenvalue weighted by atomic mass is 10.1. The van der Waals surface area contributed by atoms with Gasteiger partial charge in [-0.15, -0.1) is 11.3 Å². The van der Waals surface area contributed by atoms with Crippen molar-refractivity contribution in [3.63, 3.8) is 0 Å². The number of phenols is 2. The highest BCUT2D eigenvalue weighted by Crippen LogP contribution is 2.42. The lowest BCUT2D eigenvalue weighted by Crippen LogP contribution is -2.00.